The second kappa shape index (κ2) is 8.09. The van der Waals surface area contributed by atoms with Gasteiger partial charge < -0.3 is 15.1 Å². The molecule has 0 radical (unpaired) electrons. The van der Waals surface area contributed by atoms with E-state index in [4.69, 9.17) is 0 Å². The zero-order chi connectivity index (χ0) is 18.8. The standard InChI is InChI=1S/C21H28N4OS/c1-15(26)23-21-19(16-7-3-4-9-18(16)27-21)20(17-8-5-6-10-22-17)25-13-11-24(2)12-14-25/h5-6,8,10,20H,3-4,7,9,11-14H2,1-2H3,(H,23,26)/p+3. The van der Waals surface area contributed by atoms with E-state index in [2.05, 4.69) is 29.5 Å². The molecule has 0 spiro atoms. The number of aromatic amines is 1. The molecule has 1 aliphatic carbocycles. The molecule has 4 rings (SSSR count). The highest BCUT2D eigenvalue weighted by Gasteiger charge is 2.39. The van der Waals surface area contributed by atoms with E-state index >= 15 is 0 Å². The van der Waals surface area contributed by atoms with Gasteiger partial charge in [0.1, 0.15) is 31.2 Å². The molecule has 1 atom stereocenters. The number of quaternary nitrogens is 2. The van der Waals surface area contributed by atoms with Crippen molar-refractivity contribution in [3.8, 4) is 0 Å². The summed E-state index contributed by atoms with van der Waals surface area (Å²) in [6.45, 7) is 6.33. The van der Waals surface area contributed by atoms with Gasteiger partial charge in [-0.1, -0.05) is 0 Å². The zero-order valence-corrected chi connectivity index (χ0v) is 17.2. The monoisotopic (exact) mass is 387 g/mol. The summed E-state index contributed by atoms with van der Waals surface area (Å²) >= 11 is 1.81. The van der Waals surface area contributed by atoms with Crippen LogP contribution in [0, 0.1) is 0 Å². The van der Waals surface area contributed by atoms with E-state index in [-0.39, 0.29) is 11.9 Å². The van der Waals surface area contributed by atoms with Crippen molar-refractivity contribution in [3.05, 3.63) is 46.1 Å². The number of nitrogens with one attached hydrogen (secondary N) is 4. The molecule has 0 saturated carbocycles. The van der Waals surface area contributed by atoms with E-state index in [0.717, 1.165) is 30.9 Å². The number of fused-ring (bicyclic) bond motifs is 1. The number of H-pyrrole nitrogens is 1. The summed E-state index contributed by atoms with van der Waals surface area (Å²) in [6.07, 6.45) is 6.84. The third-order valence-electron chi connectivity index (χ3n) is 5.99. The van der Waals surface area contributed by atoms with E-state index in [0.29, 0.717) is 0 Å². The quantitative estimate of drug-likeness (QED) is 0.674. The minimum absolute atomic E-state index is 0.0310. The van der Waals surface area contributed by atoms with Crippen molar-refractivity contribution < 1.29 is 19.6 Å². The van der Waals surface area contributed by atoms with Crippen molar-refractivity contribution in [1.29, 1.82) is 0 Å². The van der Waals surface area contributed by atoms with E-state index in [1.54, 1.807) is 16.7 Å². The molecule has 2 aromatic heterocycles. The third kappa shape index (κ3) is 3.93. The normalized spacial score (nSPS) is 23.5. The first-order chi connectivity index (χ1) is 13.1. The molecule has 144 valence electrons. The molecule has 0 bridgehead atoms. The Morgan fingerprint density at radius 3 is 2.67 bits per heavy atom. The summed E-state index contributed by atoms with van der Waals surface area (Å²) in [5, 5.41) is 4.25. The van der Waals surface area contributed by atoms with Gasteiger partial charge in [0.25, 0.3) is 0 Å². The van der Waals surface area contributed by atoms with Gasteiger partial charge in [-0.25, -0.2) is 4.98 Å². The molecule has 1 saturated heterocycles. The molecule has 3 heterocycles. The van der Waals surface area contributed by atoms with E-state index < -0.39 is 0 Å². The molecule has 1 unspecified atom stereocenters. The zero-order valence-electron chi connectivity index (χ0n) is 16.4. The summed E-state index contributed by atoms with van der Waals surface area (Å²) < 4.78 is 0. The van der Waals surface area contributed by atoms with Gasteiger partial charge in [0.15, 0.2) is 6.20 Å². The SMILES string of the molecule is CC(=O)Nc1sc2c(c1C(c1cccc[nH+]1)[NH+]1CC[NH+](C)CC1)CCCC2. The maximum Gasteiger partial charge on any atom is 0.243 e. The van der Waals surface area contributed by atoms with E-state index in [1.807, 2.05) is 23.6 Å². The summed E-state index contributed by atoms with van der Waals surface area (Å²) in [5.74, 6) is 0.0310. The number of pyridine rings is 1. The summed E-state index contributed by atoms with van der Waals surface area (Å²) in [5.41, 5.74) is 4.14. The van der Waals surface area contributed by atoms with Gasteiger partial charge in [0.05, 0.1) is 12.6 Å². The van der Waals surface area contributed by atoms with Crippen molar-refractivity contribution in [2.24, 2.45) is 0 Å². The second-order valence-corrected chi connectivity index (χ2v) is 9.11. The Hall–Kier alpha value is -1.76. The van der Waals surface area contributed by atoms with Crippen molar-refractivity contribution in [3.63, 3.8) is 0 Å². The van der Waals surface area contributed by atoms with Crippen molar-refractivity contribution >= 4 is 22.2 Å². The molecule has 4 N–H and O–H groups in total. The predicted molar refractivity (Wildman–Crippen MR) is 107 cm³/mol. The Bertz CT molecular complexity index is 796. The van der Waals surface area contributed by atoms with Crippen LogP contribution >= 0.6 is 11.3 Å². The average Bonchev–Trinajstić information content (AvgIpc) is 3.02. The van der Waals surface area contributed by atoms with Crippen LogP contribution in [0.4, 0.5) is 5.00 Å². The number of rotatable bonds is 4. The van der Waals surface area contributed by atoms with E-state index in [9.17, 15) is 4.79 Å². The molecule has 2 aromatic rings. The Balaban J connectivity index is 1.82. The van der Waals surface area contributed by atoms with Gasteiger partial charge in [-0.15, -0.1) is 11.3 Å². The fourth-order valence-electron chi connectivity index (χ4n) is 4.60. The number of aryl methyl sites for hydroxylation is 1. The van der Waals surface area contributed by atoms with Crippen molar-refractivity contribution in [1.82, 2.24) is 0 Å². The maximum atomic E-state index is 11.9. The molecule has 1 amide bonds. The molecular formula is C21H31N4OS+3. The van der Waals surface area contributed by atoms with Crippen molar-refractivity contribution in [2.45, 2.75) is 38.6 Å². The Morgan fingerprint density at radius 1 is 1.19 bits per heavy atom. The minimum Gasteiger partial charge on any atom is -0.328 e. The number of carbonyl (C=O) groups is 1. The van der Waals surface area contributed by atoms with Crippen molar-refractivity contribution in [2.75, 3.05) is 38.5 Å². The molecule has 6 heteroatoms. The summed E-state index contributed by atoms with van der Waals surface area (Å²) in [7, 11) is 2.29. The molecule has 1 fully saturated rings. The lowest BCUT2D eigenvalue weighted by atomic mass is 9.90. The fourth-order valence-corrected chi connectivity index (χ4v) is 5.98. The van der Waals surface area contributed by atoms with Crippen LogP contribution in [0.25, 0.3) is 0 Å². The smallest absolute Gasteiger partial charge is 0.243 e. The maximum absolute atomic E-state index is 11.9. The number of likely N-dealkylation sites (N-methyl/N-ethyl adjacent to an activating group) is 1. The van der Waals surface area contributed by atoms with Crippen LogP contribution in [0.15, 0.2) is 24.4 Å². The van der Waals surface area contributed by atoms with Crippen LogP contribution in [0.3, 0.4) is 0 Å². The average molecular weight is 388 g/mol. The van der Waals surface area contributed by atoms with Gasteiger partial charge in [0.2, 0.25) is 17.6 Å². The number of aromatic nitrogens is 1. The fraction of sp³-hybridized carbons (Fsp3) is 0.524. The van der Waals surface area contributed by atoms with Gasteiger partial charge in [-0.05, 0) is 37.3 Å². The van der Waals surface area contributed by atoms with Gasteiger partial charge in [-0.3, -0.25) is 4.79 Å². The topological polar surface area (TPSA) is 52.1 Å². The van der Waals surface area contributed by atoms with E-state index in [1.165, 1.54) is 47.6 Å². The Kier molecular flexibility index (Phi) is 5.57. The molecule has 0 aromatic carbocycles. The highest BCUT2D eigenvalue weighted by atomic mass is 32.1. The number of carbonyl (C=O) groups excluding carboxylic acids is 1. The first-order valence-corrected chi connectivity index (χ1v) is 11.0. The Labute approximate surface area is 165 Å². The van der Waals surface area contributed by atoms with Crippen LogP contribution in [0.5, 0.6) is 0 Å². The van der Waals surface area contributed by atoms with Gasteiger partial charge in [-0.2, -0.15) is 0 Å². The van der Waals surface area contributed by atoms with Crippen LogP contribution < -0.4 is 20.1 Å². The number of hydrogen-bond acceptors (Lipinski definition) is 2. The molecule has 27 heavy (non-hydrogen) atoms. The number of anilines is 1. The lowest BCUT2D eigenvalue weighted by molar-refractivity contribution is -1.02. The summed E-state index contributed by atoms with van der Waals surface area (Å²) in [4.78, 5) is 20.2. The number of thiophene rings is 1. The van der Waals surface area contributed by atoms with Gasteiger partial charge >= 0.3 is 0 Å². The van der Waals surface area contributed by atoms with Gasteiger partial charge in [0, 0.05) is 23.9 Å². The predicted octanol–water partition coefficient (Wildman–Crippen LogP) is -0.0980. The Morgan fingerprint density at radius 2 is 1.96 bits per heavy atom. The van der Waals surface area contributed by atoms with Crippen LogP contribution in [0.2, 0.25) is 0 Å². The highest BCUT2D eigenvalue weighted by Crippen LogP contribution is 2.41. The molecule has 2 aliphatic rings. The van der Waals surface area contributed by atoms with Crippen LogP contribution in [0.1, 0.15) is 47.5 Å². The molecule has 5 nitrogen and oxygen atoms in total. The first-order valence-electron chi connectivity index (χ1n) is 10.2. The summed E-state index contributed by atoms with van der Waals surface area (Å²) in [6, 6.07) is 6.64. The number of piperazine rings is 1. The minimum atomic E-state index is 0.0310. The third-order valence-corrected chi connectivity index (χ3v) is 7.21. The lowest BCUT2D eigenvalue weighted by Gasteiger charge is -2.32. The largest absolute Gasteiger partial charge is 0.328 e. The second-order valence-electron chi connectivity index (χ2n) is 8.00. The molecule has 1 aliphatic heterocycles. The first kappa shape index (κ1) is 18.6. The highest BCUT2D eigenvalue weighted by molar-refractivity contribution is 7.16. The number of hydrogen-bond donors (Lipinski definition) is 3. The molecular weight excluding hydrogens is 356 g/mol. The van der Waals surface area contributed by atoms with Crippen LogP contribution in [-0.4, -0.2) is 39.1 Å². The lowest BCUT2D eigenvalue weighted by Crippen LogP contribution is -3.27. The van der Waals surface area contributed by atoms with Crippen LogP contribution in [-0.2, 0) is 17.6 Å². The number of amides is 1.